The molecule has 140 valence electrons. The third-order valence-corrected chi connectivity index (χ3v) is 5.00. The van der Waals surface area contributed by atoms with Crippen molar-refractivity contribution >= 4 is 21.6 Å². The number of aryl methyl sites for hydroxylation is 1. The van der Waals surface area contributed by atoms with E-state index in [0.717, 1.165) is 22.6 Å². The van der Waals surface area contributed by atoms with Crippen molar-refractivity contribution in [1.82, 2.24) is 9.78 Å². The monoisotopic (exact) mass is 429 g/mol. The number of anilines is 1. The van der Waals surface area contributed by atoms with E-state index in [2.05, 4.69) is 26.3 Å². The fourth-order valence-corrected chi connectivity index (χ4v) is 3.24. The molecule has 3 aromatic rings. The third-order valence-electron chi connectivity index (χ3n) is 4.23. The van der Waals surface area contributed by atoms with E-state index in [1.807, 2.05) is 48.5 Å². The van der Waals surface area contributed by atoms with Gasteiger partial charge in [-0.15, -0.1) is 0 Å². The van der Waals surface area contributed by atoms with E-state index < -0.39 is 0 Å². The van der Waals surface area contributed by atoms with Crippen LogP contribution in [0.25, 0.3) is 0 Å². The van der Waals surface area contributed by atoms with Gasteiger partial charge in [0.1, 0.15) is 16.0 Å². The average Bonchev–Trinajstić information content (AvgIpc) is 2.71. The van der Waals surface area contributed by atoms with Gasteiger partial charge < -0.3 is 14.8 Å². The first-order chi connectivity index (χ1) is 13.0. The molecule has 3 rings (SSSR count). The second-order valence-electron chi connectivity index (χ2n) is 5.93. The van der Waals surface area contributed by atoms with Crippen molar-refractivity contribution in [1.29, 1.82) is 0 Å². The van der Waals surface area contributed by atoms with Crippen molar-refractivity contribution in [3.63, 3.8) is 0 Å². The molecule has 0 fully saturated rings. The van der Waals surface area contributed by atoms with Gasteiger partial charge in [0.25, 0.3) is 5.56 Å². The van der Waals surface area contributed by atoms with E-state index in [1.165, 1.54) is 4.68 Å². The fraction of sp³-hybridized carbons (Fsp3) is 0.200. The molecule has 1 N–H and O–H groups in total. The Morgan fingerprint density at radius 3 is 2.11 bits per heavy atom. The van der Waals surface area contributed by atoms with Gasteiger partial charge in [-0.3, -0.25) is 4.79 Å². The predicted octanol–water partition coefficient (Wildman–Crippen LogP) is 3.76. The van der Waals surface area contributed by atoms with Gasteiger partial charge in [-0.05, 0) is 51.3 Å². The molecule has 0 saturated heterocycles. The maximum Gasteiger partial charge on any atom is 0.282 e. The summed E-state index contributed by atoms with van der Waals surface area (Å²) in [6, 6.07) is 15.3. The van der Waals surface area contributed by atoms with Gasteiger partial charge in [-0.25, -0.2) is 4.68 Å². The zero-order chi connectivity index (χ0) is 19.4. The van der Waals surface area contributed by atoms with E-state index in [4.69, 9.17) is 9.47 Å². The minimum Gasteiger partial charge on any atom is -0.497 e. The minimum atomic E-state index is -0.236. The summed E-state index contributed by atoms with van der Waals surface area (Å²) in [6.07, 6.45) is 1.62. The Hall–Kier alpha value is -2.80. The van der Waals surface area contributed by atoms with Crippen LogP contribution >= 0.6 is 15.9 Å². The van der Waals surface area contributed by atoms with Crippen molar-refractivity contribution < 1.29 is 9.47 Å². The molecule has 0 bridgehead atoms. The van der Waals surface area contributed by atoms with E-state index in [1.54, 1.807) is 27.5 Å². The molecule has 27 heavy (non-hydrogen) atoms. The minimum absolute atomic E-state index is 0.213. The van der Waals surface area contributed by atoms with Gasteiger partial charge in [-0.1, -0.05) is 24.3 Å². The quantitative estimate of drug-likeness (QED) is 0.645. The highest BCUT2D eigenvalue weighted by molar-refractivity contribution is 9.10. The third kappa shape index (κ3) is 4.14. The molecular weight excluding hydrogens is 410 g/mol. The first-order valence-corrected chi connectivity index (χ1v) is 9.09. The summed E-state index contributed by atoms with van der Waals surface area (Å²) in [5.74, 6) is 1.51. The molecule has 2 aromatic carbocycles. The van der Waals surface area contributed by atoms with Crippen LogP contribution in [0.3, 0.4) is 0 Å². The molecule has 1 aromatic heterocycles. The molecule has 0 aliphatic heterocycles. The maximum atomic E-state index is 12.2. The van der Waals surface area contributed by atoms with Crippen LogP contribution in [0.1, 0.15) is 17.2 Å². The number of aromatic nitrogens is 2. The summed E-state index contributed by atoms with van der Waals surface area (Å²) in [5, 5.41) is 7.53. The van der Waals surface area contributed by atoms with Crippen LogP contribution in [0.2, 0.25) is 0 Å². The molecule has 7 heteroatoms. The number of rotatable bonds is 6. The summed E-state index contributed by atoms with van der Waals surface area (Å²) in [5.41, 5.74) is 2.36. The highest BCUT2D eigenvalue weighted by atomic mass is 79.9. The number of nitrogens with zero attached hydrogens (tertiary/aromatic N) is 2. The van der Waals surface area contributed by atoms with Crippen LogP contribution in [-0.2, 0) is 7.05 Å². The van der Waals surface area contributed by atoms with E-state index in [-0.39, 0.29) is 11.6 Å². The van der Waals surface area contributed by atoms with Crippen molar-refractivity contribution in [2.75, 3.05) is 19.5 Å². The Morgan fingerprint density at radius 2 is 1.59 bits per heavy atom. The Kier molecular flexibility index (Phi) is 5.81. The lowest BCUT2D eigenvalue weighted by molar-refractivity contribution is 0.413. The number of ether oxygens (including phenoxy) is 2. The van der Waals surface area contributed by atoms with Crippen LogP contribution < -0.4 is 20.3 Å². The van der Waals surface area contributed by atoms with Gasteiger partial charge in [0, 0.05) is 7.05 Å². The van der Waals surface area contributed by atoms with Gasteiger partial charge >= 0.3 is 0 Å². The molecule has 0 radical (unpaired) electrons. The van der Waals surface area contributed by atoms with Crippen LogP contribution in [0, 0.1) is 0 Å². The van der Waals surface area contributed by atoms with Crippen molar-refractivity contribution in [2.45, 2.75) is 6.04 Å². The molecule has 6 nitrogen and oxygen atoms in total. The standard InChI is InChI=1S/C20H20BrN3O3/c1-24-20(25)18(21)17(12-22-24)23-19(13-6-4-8-15(10-13)26-2)14-7-5-9-16(11-14)27-3/h4-12,19,23H,1-3H3. The van der Waals surface area contributed by atoms with Gasteiger partial charge in [0.15, 0.2) is 0 Å². The fourth-order valence-electron chi connectivity index (χ4n) is 2.77. The van der Waals surface area contributed by atoms with Gasteiger partial charge in [-0.2, -0.15) is 5.10 Å². The molecule has 0 amide bonds. The SMILES string of the molecule is COc1cccc(C(Nc2cnn(C)c(=O)c2Br)c2cccc(OC)c2)c1. The largest absolute Gasteiger partial charge is 0.497 e. The van der Waals surface area contributed by atoms with E-state index in [9.17, 15) is 4.79 Å². The van der Waals surface area contributed by atoms with Crippen LogP contribution in [0.4, 0.5) is 5.69 Å². The highest BCUT2D eigenvalue weighted by Gasteiger charge is 2.18. The first kappa shape index (κ1) is 19.0. The summed E-state index contributed by atoms with van der Waals surface area (Å²) < 4.78 is 12.4. The zero-order valence-electron chi connectivity index (χ0n) is 15.3. The van der Waals surface area contributed by atoms with Gasteiger partial charge in [0.2, 0.25) is 0 Å². The van der Waals surface area contributed by atoms with Crippen LogP contribution in [0.15, 0.2) is 64.0 Å². The first-order valence-electron chi connectivity index (χ1n) is 8.29. The molecule has 0 saturated carbocycles. The lowest BCUT2D eigenvalue weighted by Gasteiger charge is -2.22. The number of hydrogen-bond acceptors (Lipinski definition) is 5. The number of hydrogen-bond donors (Lipinski definition) is 1. The topological polar surface area (TPSA) is 65.4 Å². The second kappa shape index (κ2) is 8.26. The maximum absolute atomic E-state index is 12.2. The summed E-state index contributed by atoms with van der Waals surface area (Å²) >= 11 is 3.38. The van der Waals surface area contributed by atoms with Crippen molar-refractivity contribution in [3.05, 3.63) is 80.7 Å². The Labute approximate surface area is 165 Å². The van der Waals surface area contributed by atoms with Crippen LogP contribution in [0.5, 0.6) is 11.5 Å². The zero-order valence-corrected chi connectivity index (χ0v) is 16.9. The number of nitrogens with one attached hydrogen (secondary N) is 1. The number of halogens is 1. The molecule has 0 aliphatic rings. The van der Waals surface area contributed by atoms with E-state index >= 15 is 0 Å². The Morgan fingerprint density at radius 1 is 1.04 bits per heavy atom. The highest BCUT2D eigenvalue weighted by Crippen LogP contribution is 2.32. The molecule has 0 spiro atoms. The normalized spacial score (nSPS) is 10.7. The van der Waals surface area contributed by atoms with Gasteiger partial charge in [0.05, 0.1) is 32.1 Å². The molecule has 1 heterocycles. The molecule has 0 aliphatic carbocycles. The summed E-state index contributed by atoms with van der Waals surface area (Å²) in [6.45, 7) is 0. The molecule has 0 atom stereocenters. The Bertz CT molecular complexity index is 956. The van der Waals surface area contributed by atoms with Crippen LogP contribution in [-0.4, -0.2) is 24.0 Å². The molecule has 0 unspecified atom stereocenters. The lowest BCUT2D eigenvalue weighted by atomic mass is 9.98. The Balaban J connectivity index is 2.09. The summed E-state index contributed by atoms with van der Waals surface area (Å²) in [4.78, 5) is 12.2. The average molecular weight is 430 g/mol. The van der Waals surface area contributed by atoms with E-state index in [0.29, 0.717) is 10.2 Å². The smallest absolute Gasteiger partial charge is 0.282 e. The second-order valence-corrected chi connectivity index (χ2v) is 6.72. The van der Waals surface area contributed by atoms with Crippen molar-refractivity contribution in [3.8, 4) is 11.5 Å². The number of methoxy groups -OCH3 is 2. The summed E-state index contributed by atoms with van der Waals surface area (Å²) in [7, 11) is 4.88. The van der Waals surface area contributed by atoms with Crippen molar-refractivity contribution in [2.24, 2.45) is 7.05 Å². The number of benzene rings is 2. The predicted molar refractivity (Wildman–Crippen MR) is 109 cm³/mol. The molecular formula is C20H20BrN3O3. The lowest BCUT2D eigenvalue weighted by Crippen LogP contribution is -2.22.